The zero-order chi connectivity index (χ0) is 25.2. The van der Waals surface area contributed by atoms with Gasteiger partial charge < -0.3 is 9.47 Å². The molecule has 4 aliphatic rings. The quantitative estimate of drug-likeness (QED) is 0.281. The van der Waals surface area contributed by atoms with Gasteiger partial charge in [0.1, 0.15) is 12.2 Å². The number of ether oxygens (including phenoxy) is 2. The van der Waals surface area contributed by atoms with E-state index in [9.17, 15) is 9.59 Å². The van der Waals surface area contributed by atoms with Crippen molar-refractivity contribution in [3.05, 3.63) is 71.8 Å². The first-order valence-corrected chi connectivity index (χ1v) is 13.0. The summed E-state index contributed by atoms with van der Waals surface area (Å²) in [5.74, 6) is -0.00100. The minimum atomic E-state index is -1.64. The van der Waals surface area contributed by atoms with Gasteiger partial charge in [0.05, 0.1) is 11.3 Å². The van der Waals surface area contributed by atoms with E-state index in [0.29, 0.717) is 11.8 Å². The van der Waals surface area contributed by atoms with Gasteiger partial charge in [0.25, 0.3) is 0 Å². The summed E-state index contributed by atoms with van der Waals surface area (Å²) in [7, 11) is 0. The molecule has 0 bridgehead atoms. The van der Waals surface area contributed by atoms with Gasteiger partial charge in [-0.2, -0.15) is 0 Å². The molecule has 1 saturated carbocycles. The van der Waals surface area contributed by atoms with Crippen molar-refractivity contribution in [2.24, 2.45) is 35.0 Å². The third kappa shape index (κ3) is 3.08. The Bertz CT molecular complexity index is 1110. The highest BCUT2D eigenvalue weighted by Gasteiger charge is 2.83. The van der Waals surface area contributed by atoms with E-state index in [4.69, 9.17) is 9.47 Å². The molecular formula is C31H38O4. The third-order valence-corrected chi connectivity index (χ3v) is 9.52. The molecule has 2 heterocycles. The molecule has 8 atom stereocenters. The minimum absolute atomic E-state index is 0.0605. The van der Waals surface area contributed by atoms with Crippen molar-refractivity contribution in [2.75, 3.05) is 6.61 Å². The Morgan fingerprint density at radius 2 is 1.91 bits per heavy atom. The molecule has 5 rings (SSSR count). The number of rotatable bonds is 6. The van der Waals surface area contributed by atoms with Gasteiger partial charge in [-0.15, -0.1) is 6.58 Å². The Morgan fingerprint density at radius 1 is 1.20 bits per heavy atom. The molecule has 2 aliphatic heterocycles. The minimum Gasteiger partial charge on any atom is -0.462 e. The predicted molar refractivity (Wildman–Crippen MR) is 136 cm³/mol. The zero-order valence-electron chi connectivity index (χ0n) is 21.7. The van der Waals surface area contributed by atoms with Gasteiger partial charge in [0.2, 0.25) is 5.60 Å². The average molecular weight is 475 g/mol. The van der Waals surface area contributed by atoms with Crippen LogP contribution in [0.3, 0.4) is 0 Å². The lowest BCUT2D eigenvalue weighted by Crippen LogP contribution is -2.64. The van der Waals surface area contributed by atoms with Crippen LogP contribution in [-0.2, 0) is 24.7 Å². The SMILES string of the molecule is C=C[C@@]1(C)COC(=O)[C@]12O[C@@]1(c3ccccc3)[C@@H](C2=O)[C@@H]2[C@H]([C@H](C)CCC=C(C)C)CC=C(C)[C@@H]21. The summed E-state index contributed by atoms with van der Waals surface area (Å²) in [5, 5.41) is 0. The Labute approximate surface area is 209 Å². The molecule has 0 amide bonds. The lowest BCUT2D eigenvalue weighted by Gasteiger charge is -2.62. The van der Waals surface area contributed by atoms with Crippen molar-refractivity contribution >= 4 is 11.8 Å². The highest BCUT2D eigenvalue weighted by molar-refractivity contribution is 6.13. The van der Waals surface area contributed by atoms with Crippen LogP contribution in [0.1, 0.15) is 59.4 Å². The van der Waals surface area contributed by atoms with Crippen LogP contribution in [0, 0.1) is 35.0 Å². The van der Waals surface area contributed by atoms with Gasteiger partial charge in [-0.3, -0.25) is 4.79 Å². The van der Waals surface area contributed by atoms with Crippen molar-refractivity contribution in [3.63, 3.8) is 0 Å². The van der Waals surface area contributed by atoms with Gasteiger partial charge in [-0.25, -0.2) is 4.79 Å². The van der Waals surface area contributed by atoms with E-state index < -0.39 is 22.6 Å². The summed E-state index contributed by atoms with van der Waals surface area (Å²) in [6.45, 7) is 14.7. The van der Waals surface area contributed by atoms with Crippen molar-refractivity contribution < 1.29 is 19.1 Å². The van der Waals surface area contributed by atoms with E-state index in [1.807, 2.05) is 25.1 Å². The molecule has 1 aromatic rings. The van der Waals surface area contributed by atoms with Gasteiger partial charge >= 0.3 is 5.97 Å². The van der Waals surface area contributed by atoms with Crippen LogP contribution in [0.25, 0.3) is 0 Å². The maximum atomic E-state index is 14.5. The summed E-state index contributed by atoms with van der Waals surface area (Å²) >= 11 is 0. The molecule has 0 N–H and O–H groups in total. The smallest absolute Gasteiger partial charge is 0.347 e. The maximum absolute atomic E-state index is 14.5. The number of esters is 1. The molecule has 186 valence electrons. The topological polar surface area (TPSA) is 52.6 Å². The summed E-state index contributed by atoms with van der Waals surface area (Å²) in [6, 6.07) is 10.1. The highest BCUT2D eigenvalue weighted by atomic mass is 16.6. The van der Waals surface area contributed by atoms with Gasteiger partial charge in [-0.1, -0.05) is 66.6 Å². The van der Waals surface area contributed by atoms with Crippen LogP contribution in [0.5, 0.6) is 0 Å². The number of ketones is 1. The molecule has 1 spiro atoms. The van der Waals surface area contributed by atoms with E-state index in [0.717, 1.165) is 24.8 Å². The summed E-state index contributed by atoms with van der Waals surface area (Å²) in [6.07, 6.45) is 9.44. The molecule has 2 aliphatic carbocycles. The number of allylic oxidation sites excluding steroid dienone is 3. The Morgan fingerprint density at radius 3 is 2.57 bits per heavy atom. The second kappa shape index (κ2) is 8.30. The molecule has 0 radical (unpaired) electrons. The molecule has 2 saturated heterocycles. The molecule has 0 unspecified atom stereocenters. The molecule has 4 heteroatoms. The first-order chi connectivity index (χ1) is 16.6. The average Bonchev–Trinajstić information content (AvgIpc) is 3.22. The fourth-order valence-electron chi connectivity index (χ4n) is 7.57. The molecular weight excluding hydrogens is 436 g/mol. The van der Waals surface area contributed by atoms with E-state index in [2.05, 4.69) is 58.6 Å². The summed E-state index contributed by atoms with van der Waals surface area (Å²) in [5.41, 5.74) is 0.197. The van der Waals surface area contributed by atoms with Crippen LogP contribution >= 0.6 is 0 Å². The monoisotopic (exact) mass is 474 g/mol. The van der Waals surface area contributed by atoms with E-state index in [-0.39, 0.29) is 30.1 Å². The molecule has 1 aromatic carbocycles. The van der Waals surface area contributed by atoms with Crippen LogP contribution < -0.4 is 0 Å². The number of carbonyl (C=O) groups is 2. The van der Waals surface area contributed by atoms with E-state index in [1.54, 1.807) is 6.08 Å². The number of cyclic esters (lactones) is 1. The normalized spacial score (nSPS) is 40.3. The fraction of sp³-hybridized carbons (Fsp3) is 0.548. The summed E-state index contributed by atoms with van der Waals surface area (Å²) < 4.78 is 12.5. The van der Waals surface area contributed by atoms with Gasteiger partial charge in [-0.05, 0) is 70.3 Å². The Kier molecular flexibility index (Phi) is 5.75. The molecule has 35 heavy (non-hydrogen) atoms. The standard InChI is InChI=1S/C31H38O4/c1-7-29(6)18-34-28(33)31(29)27(32)26-24-23(20(4)13-11-12-19(2)3)17-16-21(5)25(24)30(26,35-31)22-14-9-8-10-15-22/h7-10,12,14-16,20,23-26H,1,11,13,17-18H2,2-6H3/t20-,23+,24-,25+,26-,29+,30-,31+/m1/s1. The Hall–Kier alpha value is -2.46. The largest absolute Gasteiger partial charge is 0.462 e. The number of carbonyl (C=O) groups excluding carboxylic acids is 2. The highest BCUT2D eigenvalue weighted by Crippen LogP contribution is 2.73. The summed E-state index contributed by atoms with van der Waals surface area (Å²) in [4.78, 5) is 27.8. The van der Waals surface area contributed by atoms with Crippen molar-refractivity contribution in [1.82, 2.24) is 0 Å². The number of hydrogen-bond acceptors (Lipinski definition) is 4. The lowest BCUT2D eigenvalue weighted by molar-refractivity contribution is -0.234. The van der Waals surface area contributed by atoms with Crippen LogP contribution in [-0.4, -0.2) is 24.0 Å². The van der Waals surface area contributed by atoms with Crippen LogP contribution in [0.4, 0.5) is 0 Å². The predicted octanol–water partition coefficient (Wildman–Crippen LogP) is 6.18. The third-order valence-electron chi connectivity index (χ3n) is 9.52. The van der Waals surface area contributed by atoms with E-state index >= 15 is 0 Å². The number of benzene rings is 1. The maximum Gasteiger partial charge on any atom is 0.347 e. The molecule has 4 nitrogen and oxygen atoms in total. The lowest BCUT2D eigenvalue weighted by atomic mass is 9.42. The second-order valence-electron chi connectivity index (χ2n) is 11.7. The molecule has 0 aromatic heterocycles. The van der Waals surface area contributed by atoms with E-state index in [1.165, 1.54) is 11.1 Å². The van der Waals surface area contributed by atoms with Crippen molar-refractivity contribution in [1.29, 1.82) is 0 Å². The Balaban J connectivity index is 1.63. The second-order valence-corrected chi connectivity index (χ2v) is 11.7. The zero-order valence-corrected chi connectivity index (χ0v) is 21.7. The molecule has 3 fully saturated rings. The van der Waals surface area contributed by atoms with Crippen molar-refractivity contribution in [2.45, 2.75) is 65.1 Å². The van der Waals surface area contributed by atoms with Gasteiger partial charge in [0, 0.05) is 5.92 Å². The first kappa shape index (κ1) is 24.2. The van der Waals surface area contributed by atoms with Crippen LogP contribution in [0.2, 0.25) is 0 Å². The number of Topliss-reactive ketones (excluding diaryl/α,β-unsaturated/α-hetero) is 1. The number of fused-ring (bicyclic) bond motifs is 4. The first-order valence-electron chi connectivity index (χ1n) is 13.0. The fourth-order valence-corrected chi connectivity index (χ4v) is 7.57. The number of hydrogen-bond donors (Lipinski definition) is 0. The van der Waals surface area contributed by atoms with Crippen LogP contribution in [0.15, 0.2) is 66.3 Å². The van der Waals surface area contributed by atoms with Gasteiger partial charge in [0.15, 0.2) is 5.78 Å². The van der Waals surface area contributed by atoms with Crippen molar-refractivity contribution in [3.8, 4) is 0 Å².